The number of hydrogen-bond donors (Lipinski definition) is 0. The number of hydrogen-bond acceptors (Lipinski definition) is 5. The molecule has 0 saturated carbocycles. The van der Waals surface area contributed by atoms with Gasteiger partial charge in [0.25, 0.3) is 5.69 Å². The van der Waals surface area contributed by atoms with E-state index >= 15 is 0 Å². The van der Waals surface area contributed by atoms with Crippen LogP contribution in [-0.2, 0) is 0 Å². The van der Waals surface area contributed by atoms with Crippen LogP contribution in [0.25, 0.3) is 22.0 Å². The van der Waals surface area contributed by atoms with Crippen LogP contribution < -0.4 is 0 Å². The molecule has 5 nitrogen and oxygen atoms in total. The fourth-order valence-corrected chi connectivity index (χ4v) is 4.11. The lowest BCUT2D eigenvalue weighted by molar-refractivity contribution is -0.384. The number of thioether (sulfide) groups is 1. The summed E-state index contributed by atoms with van der Waals surface area (Å²) < 4.78 is 0. The Morgan fingerprint density at radius 1 is 0.893 bits per heavy atom. The van der Waals surface area contributed by atoms with Gasteiger partial charge in [0.2, 0.25) is 0 Å². The van der Waals surface area contributed by atoms with E-state index in [9.17, 15) is 10.1 Å². The van der Waals surface area contributed by atoms with Crippen LogP contribution in [0.2, 0.25) is 0 Å². The van der Waals surface area contributed by atoms with Gasteiger partial charge < -0.3 is 0 Å². The van der Waals surface area contributed by atoms with Crippen LogP contribution in [0.1, 0.15) is 17.7 Å². The van der Waals surface area contributed by atoms with Gasteiger partial charge in [0.15, 0.2) is 0 Å². The number of rotatable bonds is 5. The summed E-state index contributed by atoms with van der Waals surface area (Å²) in [6.07, 6.45) is 0. The molecule has 0 aliphatic rings. The number of benzene rings is 3. The van der Waals surface area contributed by atoms with Crippen molar-refractivity contribution in [3.63, 3.8) is 0 Å². The topological polar surface area (TPSA) is 68.9 Å². The molecule has 1 heterocycles. The molecule has 0 unspecified atom stereocenters. The van der Waals surface area contributed by atoms with Gasteiger partial charge in [-0.3, -0.25) is 10.1 Å². The number of fused-ring (bicyclic) bond motifs is 1. The van der Waals surface area contributed by atoms with E-state index in [0.29, 0.717) is 0 Å². The molecule has 0 amide bonds. The first kappa shape index (κ1) is 18.1. The van der Waals surface area contributed by atoms with Gasteiger partial charge in [-0.05, 0) is 12.5 Å². The molecule has 28 heavy (non-hydrogen) atoms. The van der Waals surface area contributed by atoms with Crippen LogP contribution in [0.15, 0.2) is 83.9 Å². The highest BCUT2D eigenvalue weighted by Gasteiger charge is 2.16. The lowest BCUT2D eigenvalue weighted by atomic mass is 10.1. The summed E-state index contributed by atoms with van der Waals surface area (Å²) in [5.74, 6) is 0. The fourth-order valence-electron chi connectivity index (χ4n) is 3.10. The standard InChI is InChI=1S/C22H17N3O2S/c1-15(17-10-7-11-18(14-17)25(26)27)28-22-20-13-6-5-12-19(20)21(23-24-22)16-8-3-2-4-9-16/h2-15H,1H3/t15-/m0/s1. The van der Waals surface area contributed by atoms with E-state index in [4.69, 9.17) is 0 Å². The maximum absolute atomic E-state index is 11.1. The second-order valence-electron chi connectivity index (χ2n) is 6.38. The Morgan fingerprint density at radius 3 is 2.36 bits per heavy atom. The van der Waals surface area contributed by atoms with Crippen molar-refractivity contribution in [1.29, 1.82) is 0 Å². The van der Waals surface area contributed by atoms with Gasteiger partial charge >= 0.3 is 0 Å². The molecule has 0 aliphatic heterocycles. The van der Waals surface area contributed by atoms with Gasteiger partial charge in [-0.15, -0.1) is 10.2 Å². The second-order valence-corrected chi connectivity index (χ2v) is 7.71. The smallest absolute Gasteiger partial charge is 0.258 e. The number of aromatic nitrogens is 2. The van der Waals surface area contributed by atoms with E-state index < -0.39 is 0 Å². The van der Waals surface area contributed by atoms with Crippen LogP contribution in [0.4, 0.5) is 5.69 Å². The summed E-state index contributed by atoms with van der Waals surface area (Å²) in [5.41, 5.74) is 2.86. The molecule has 0 bridgehead atoms. The van der Waals surface area contributed by atoms with Crippen molar-refractivity contribution in [3.05, 3.63) is 94.5 Å². The Morgan fingerprint density at radius 2 is 1.61 bits per heavy atom. The molecular formula is C22H17N3O2S. The van der Waals surface area contributed by atoms with Crippen molar-refractivity contribution >= 4 is 28.2 Å². The molecule has 4 rings (SSSR count). The quantitative estimate of drug-likeness (QED) is 0.236. The van der Waals surface area contributed by atoms with Gasteiger partial charge in [0.1, 0.15) is 10.7 Å². The Hall–Kier alpha value is -3.25. The van der Waals surface area contributed by atoms with Crippen molar-refractivity contribution in [1.82, 2.24) is 10.2 Å². The first-order valence-electron chi connectivity index (χ1n) is 8.85. The first-order valence-corrected chi connectivity index (χ1v) is 9.73. The minimum atomic E-state index is -0.370. The molecule has 0 fully saturated rings. The fraction of sp³-hybridized carbons (Fsp3) is 0.0909. The SMILES string of the molecule is C[C@H](Sc1nnc(-c2ccccc2)c2ccccc12)c1cccc([N+](=O)[O-])c1. The third-order valence-corrected chi connectivity index (χ3v) is 5.69. The molecule has 6 heteroatoms. The number of nitro benzene ring substituents is 1. The number of non-ortho nitro benzene ring substituents is 1. The zero-order chi connectivity index (χ0) is 19.5. The lowest BCUT2D eigenvalue weighted by Gasteiger charge is -2.13. The first-order chi connectivity index (χ1) is 13.6. The molecule has 0 radical (unpaired) electrons. The summed E-state index contributed by atoms with van der Waals surface area (Å²) in [5, 5.41) is 22.9. The Kier molecular flexibility index (Phi) is 5.04. The summed E-state index contributed by atoms with van der Waals surface area (Å²) >= 11 is 1.55. The summed E-state index contributed by atoms with van der Waals surface area (Å²) in [6.45, 7) is 2.02. The van der Waals surface area contributed by atoms with Crippen molar-refractivity contribution in [2.75, 3.05) is 0 Å². The van der Waals surface area contributed by atoms with Crippen molar-refractivity contribution in [3.8, 4) is 11.3 Å². The summed E-state index contributed by atoms with van der Waals surface area (Å²) in [7, 11) is 0. The Bertz CT molecular complexity index is 1150. The Labute approximate surface area is 166 Å². The average molecular weight is 387 g/mol. The molecule has 1 aromatic heterocycles. The summed E-state index contributed by atoms with van der Waals surface area (Å²) in [4.78, 5) is 10.7. The Balaban J connectivity index is 1.72. The molecule has 0 spiro atoms. The van der Waals surface area contributed by atoms with Crippen LogP contribution >= 0.6 is 11.8 Å². The maximum Gasteiger partial charge on any atom is 0.269 e. The zero-order valence-corrected chi connectivity index (χ0v) is 16.0. The molecule has 0 aliphatic carbocycles. The van der Waals surface area contributed by atoms with E-state index in [1.165, 1.54) is 6.07 Å². The highest BCUT2D eigenvalue weighted by molar-refractivity contribution is 7.99. The van der Waals surface area contributed by atoms with Crippen molar-refractivity contribution in [2.24, 2.45) is 0 Å². The molecule has 1 atom stereocenters. The zero-order valence-electron chi connectivity index (χ0n) is 15.1. The van der Waals surface area contributed by atoms with Gasteiger partial charge in [0.05, 0.1) is 4.92 Å². The molecule has 0 N–H and O–H groups in total. The molecule has 4 aromatic rings. The third-order valence-electron chi connectivity index (χ3n) is 4.54. The molecule has 138 valence electrons. The van der Waals surface area contributed by atoms with Gasteiger partial charge in [-0.25, -0.2) is 0 Å². The van der Waals surface area contributed by atoms with E-state index in [-0.39, 0.29) is 15.9 Å². The van der Waals surface area contributed by atoms with Crippen LogP contribution in [0, 0.1) is 10.1 Å². The highest BCUT2D eigenvalue weighted by atomic mass is 32.2. The highest BCUT2D eigenvalue weighted by Crippen LogP contribution is 2.39. The van der Waals surface area contributed by atoms with Crippen molar-refractivity contribution < 1.29 is 4.92 Å². The predicted molar refractivity (Wildman–Crippen MR) is 112 cm³/mol. The number of nitro groups is 1. The van der Waals surface area contributed by atoms with Crippen molar-refractivity contribution in [2.45, 2.75) is 17.2 Å². The van der Waals surface area contributed by atoms with E-state index in [0.717, 1.165) is 32.6 Å². The van der Waals surface area contributed by atoms with E-state index in [2.05, 4.69) is 16.3 Å². The van der Waals surface area contributed by atoms with Gasteiger partial charge in [-0.1, -0.05) is 78.5 Å². The molecule has 0 saturated heterocycles. The molecule has 3 aromatic carbocycles. The minimum absolute atomic E-state index is 0.000168. The predicted octanol–water partition coefficient (Wildman–Crippen LogP) is 6.06. The van der Waals surface area contributed by atoms with E-state index in [1.807, 2.05) is 61.5 Å². The van der Waals surface area contributed by atoms with Crippen LogP contribution in [0.5, 0.6) is 0 Å². The van der Waals surface area contributed by atoms with Crippen LogP contribution in [0.3, 0.4) is 0 Å². The minimum Gasteiger partial charge on any atom is -0.258 e. The lowest BCUT2D eigenvalue weighted by Crippen LogP contribution is -1.96. The average Bonchev–Trinajstić information content (AvgIpc) is 2.74. The molecular weight excluding hydrogens is 370 g/mol. The van der Waals surface area contributed by atoms with Gasteiger partial charge in [-0.2, -0.15) is 0 Å². The number of nitrogens with zero attached hydrogens (tertiary/aromatic N) is 3. The van der Waals surface area contributed by atoms with E-state index in [1.54, 1.807) is 23.9 Å². The van der Waals surface area contributed by atoms with Crippen LogP contribution in [-0.4, -0.2) is 15.1 Å². The largest absolute Gasteiger partial charge is 0.269 e. The summed E-state index contributed by atoms with van der Waals surface area (Å²) in [6, 6.07) is 24.8. The second kappa shape index (κ2) is 7.78. The maximum atomic E-state index is 11.1. The monoisotopic (exact) mass is 387 g/mol. The third kappa shape index (κ3) is 3.59. The normalized spacial score (nSPS) is 12.0. The van der Waals surface area contributed by atoms with Gasteiger partial charge in [0, 0.05) is 33.7 Å².